The molecule has 1 aromatic carbocycles. The molecule has 0 amide bonds. The van der Waals surface area contributed by atoms with Crippen molar-refractivity contribution in [2.75, 3.05) is 19.8 Å². The van der Waals surface area contributed by atoms with Crippen molar-refractivity contribution in [3.8, 4) is 5.75 Å². The van der Waals surface area contributed by atoms with E-state index in [1.54, 1.807) is 0 Å². The second kappa shape index (κ2) is 8.41. The van der Waals surface area contributed by atoms with Crippen molar-refractivity contribution < 1.29 is 18.0 Å². The van der Waals surface area contributed by atoms with E-state index in [1.165, 1.54) is 0 Å². The average Bonchev–Trinajstić information content (AvgIpc) is 2.39. The van der Waals surface area contributed by atoms with Crippen LogP contribution in [-0.4, -0.2) is 34.7 Å². The highest BCUT2D eigenvalue weighted by atomic mass is 28.4. The van der Waals surface area contributed by atoms with E-state index in [4.69, 9.17) is 18.0 Å². The lowest BCUT2D eigenvalue weighted by atomic mass is 10.3. The molecule has 5 heteroatoms. The minimum Gasteiger partial charge on any atom is -0.491 e. The van der Waals surface area contributed by atoms with Gasteiger partial charge in [0.15, 0.2) is 0 Å². The lowest BCUT2D eigenvalue weighted by Crippen LogP contribution is -2.57. The van der Waals surface area contributed by atoms with Crippen LogP contribution >= 0.6 is 0 Å². The Labute approximate surface area is 123 Å². The van der Waals surface area contributed by atoms with Crippen LogP contribution in [0.1, 0.15) is 34.6 Å². The molecule has 20 heavy (non-hydrogen) atoms. The van der Waals surface area contributed by atoms with Gasteiger partial charge in [0.05, 0.1) is 11.3 Å². The number of benzene rings is 1. The van der Waals surface area contributed by atoms with Crippen LogP contribution in [0.25, 0.3) is 0 Å². The fourth-order valence-corrected chi connectivity index (χ4v) is 4.61. The monoisotopic (exact) mass is 298 g/mol. The van der Waals surface area contributed by atoms with Crippen molar-refractivity contribution in [1.82, 2.24) is 0 Å². The molecule has 1 aromatic rings. The quantitative estimate of drug-likeness (QED) is 0.657. The van der Waals surface area contributed by atoms with Crippen molar-refractivity contribution in [2.45, 2.75) is 40.7 Å². The predicted octanol–water partition coefficient (Wildman–Crippen LogP) is 2.73. The summed E-state index contributed by atoms with van der Waals surface area (Å²) < 4.78 is 23.7. The standard InChI is InChI=1S/C15H26O4Si/c1-6-16-20(17-7-2,18-8-3)15-12-10-9-11-14(15)19-13(4)5/h9-13H,6-8H2,1-5H3. The largest absolute Gasteiger partial charge is 0.541 e. The average molecular weight is 298 g/mol. The lowest BCUT2D eigenvalue weighted by Gasteiger charge is -2.30. The first-order valence-electron chi connectivity index (χ1n) is 7.27. The normalized spacial score (nSPS) is 11.9. The zero-order chi connectivity index (χ0) is 15.0. The second-order valence-corrected chi connectivity index (χ2v) is 7.04. The van der Waals surface area contributed by atoms with Crippen molar-refractivity contribution >= 4 is 14.0 Å². The van der Waals surface area contributed by atoms with Crippen LogP contribution in [0, 0.1) is 0 Å². The molecular weight excluding hydrogens is 272 g/mol. The van der Waals surface area contributed by atoms with E-state index in [9.17, 15) is 0 Å². The van der Waals surface area contributed by atoms with E-state index in [2.05, 4.69) is 0 Å². The number of hydrogen-bond donors (Lipinski definition) is 0. The Bertz CT molecular complexity index is 378. The van der Waals surface area contributed by atoms with Crippen molar-refractivity contribution in [3.63, 3.8) is 0 Å². The van der Waals surface area contributed by atoms with Gasteiger partial charge in [0.1, 0.15) is 5.75 Å². The van der Waals surface area contributed by atoms with Gasteiger partial charge in [0.25, 0.3) is 0 Å². The van der Waals surface area contributed by atoms with Crippen LogP contribution in [0.15, 0.2) is 24.3 Å². The highest BCUT2D eigenvalue weighted by Crippen LogP contribution is 2.19. The summed E-state index contributed by atoms with van der Waals surface area (Å²) >= 11 is 0. The third-order valence-corrected chi connectivity index (χ3v) is 5.66. The van der Waals surface area contributed by atoms with Crippen LogP contribution < -0.4 is 9.92 Å². The summed E-state index contributed by atoms with van der Waals surface area (Å²) in [7, 11) is -2.91. The van der Waals surface area contributed by atoms with E-state index in [-0.39, 0.29) is 6.10 Å². The summed E-state index contributed by atoms with van der Waals surface area (Å²) in [5.41, 5.74) is 0. The third kappa shape index (κ3) is 4.31. The SMILES string of the molecule is CCO[Si](OCC)(OCC)c1ccccc1OC(C)C. The first-order chi connectivity index (χ1) is 9.59. The molecule has 0 saturated carbocycles. The number of para-hydroxylation sites is 1. The van der Waals surface area contributed by atoms with Gasteiger partial charge in [0.2, 0.25) is 0 Å². The molecule has 114 valence electrons. The van der Waals surface area contributed by atoms with Crippen molar-refractivity contribution in [1.29, 1.82) is 0 Å². The summed E-state index contributed by atoms with van der Waals surface area (Å²) in [6.07, 6.45) is 0.0905. The van der Waals surface area contributed by atoms with Gasteiger partial charge in [-0.15, -0.1) is 0 Å². The van der Waals surface area contributed by atoms with E-state index in [0.717, 1.165) is 10.9 Å². The van der Waals surface area contributed by atoms with Crippen molar-refractivity contribution in [3.05, 3.63) is 24.3 Å². The zero-order valence-corrected chi connectivity index (χ0v) is 14.1. The summed E-state index contributed by atoms with van der Waals surface area (Å²) in [5, 5.41) is 0.902. The first-order valence-corrected chi connectivity index (χ1v) is 9.00. The maximum Gasteiger partial charge on any atom is 0.541 e. The first kappa shape index (κ1) is 17.2. The molecule has 0 N–H and O–H groups in total. The summed E-state index contributed by atoms with van der Waals surface area (Å²) in [6, 6.07) is 7.82. The van der Waals surface area contributed by atoms with Crippen molar-refractivity contribution in [2.24, 2.45) is 0 Å². The summed E-state index contributed by atoms with van der Waals surface area (Å²) in [5.74, 6) is 0.782. The molecule has 0 heterocycles. The summed E-state index contributed by atoms with van der Waals surface area (Å²) in [6.45, 7) is 11.5. The number of rotatable bonds is 9. The Balaban J connectivity index is 3.23. The van der Waals surface area contributed by atoms with Gasteiger partial charge >= 0.3 is 8.80 Å². The molecule has 1 rings (SSSR count). The molecule has 0 aromatic heterocycles. The van der Waals surface area contributed by atoms with E-state index >= 15 is 0 Å². The van der Waals surface area contributed by atoms with Crippen LogP contribution in [-0.2, 0) is 13.3 Å². The predicted molar refractivity (Wildman–Crippen MR) is 82.5 cm³/mol. The molecule has 0 unspecified atom stereocenters. The van der Waals surface area contributed by atoms with Crippen LogP contribution in [0.2, 0.25) is 0 Å². The Kier molecular flexibility index (Phi) is 7.22. The van der Waals surface area contributed by atoms with Gasteiger partial charge in [-0.2, -0.15) is 0 Å². The Morgan fingerprint density at radius 1 is 0.900 bits per heavy atom. The molecule has 4 nitrogen and oxygen atoms in total. The Hall–Kier alpha value is -0.883. The van der Waals surface area contributed by atoms with Gasteiger partial charge in [-0.05, 0) is 40.7 Å². The van der Waals surface area contributed by atoms with Crippen LogP contribution in [0.4, 0.5) is 0 Å². The molecule has 0 radical (unpaired) electrons. The molecule has 0 bridgehead atoms. The molecule has 0 aliphatic carbocycles. The van der Waals surface area contributed by atoms with E-state index in [0.29, 0.717) is 19.8 Å². The molecule has 0 fully saturated rings. The lowest BCUT2D eigenvalue weighted by molar-refractivity contribution is 0.0849. The fraction of sp³-hybridized carbons (Fsp3) is 0.600. The minimum absolute atomic E-state index is 0.0905. The molecule has 0 saturated heterocycles. The maximum atomic E-state index is 5.93. The van der Waals surface area contributed by atoms with Crippen LogP contribution in [0.5, 0.6) is 5.75 Å². The Morgan fingerprint density at radius 3 is 1.85 bits per heavy atom. The molecule has 0 atom stereocenters. The fourth-order valence-electron chi connectivity index (χ4n) is 2.00. The molecular formula is C15H26O4Si. The molecule has 0 spiro atoms. The van der Waals surface area contributed by atoms with Gasteiger partial charge in [-0.3, -0.25) is 0 Å². The number of hydrogen-bond acceptors (Lipinski definition) is 4. The number of ether oxygens (including phenoxy) is 1. The smallest absolute Gasteiger partial charge is 0.491 e. The van der Waals surface area contributed by atoms with Gasteiger partial charge < -0.3 is 18.0 Å². The topological polar surface area (TPSA) is 36.9 Å². The van der Waals surface area contributed by atoms with Gasteiger partial charge in [0, 0.05) is 19.8 Å². The van der Waals surface area contributed by atoms with Crippen LogP contribution in [0.3, 0.4) is 0 Å². The highest BCUT2D eigenvalue weighted by Gasteiger charge is 2.45. The minimum atomic E-state index is -2.91. The second-order valence-electron chi connectivity index (χ2n) is 4.52. The summed E-state index contributed by atoms with van der Waals surface area (Å²) in [4.78, 5) is 0. The zero-order valence-electron chi connectivity index (χ0n) is 13.1. The highest BCUT2D eigenvalue weighted by molar-refractivity contribution is 6.76. The van der Waals surface area contributed by atoms with Gasteiger partial charge in [-0.25, -0.2) is 0 Å². The molecule has 0 aliphatic heterocycles. The third-order valence-electron chi connectivity index (χ3n) is 2.58. The molecule has 0 aliphatic rings. The maximum absolute atomic E-state index is 5.93. The van der Waals surface area contributed by atoms with Gasteiger partial charge in [-0.1, -0.05) is 18.2 Å². The Morgan fingerprint density at radius 2 is 1.40 bits per heavy atom. The van der Waals surface area contributed by atoms with E-state index in [1.807, 2.05) is 58.9 Å². The van der Waals surface area contributed by atoms with E-state index < -0.39 is 8.80 Å².